The van der Waals surface area contributed by atoms with Gasteiger partial charge in [0.05, 0.1) is 5.69 Å². The van der Waals surface area contributed by atoms with E-state index in [-0.39, 0.29) is 5.91 Å². The summed E-state index contributed by atoms with van der Waals surface area (Å²) in [6.45, 7) is 1.43. The van der Waals surface area contributed by atoms with Gasteiger partial charge in [-0.15, -0.1) is 0 Å². The Morgan fingerprint density at radius 3 is 2.88 bits per heavy atom. The number of hydrogen-bond donors (Lipinski definition) is 2. The molecule has 0 bridgehead atoms. The van der Waals surface area contributed by atoms with Crippen LogP contribution < -0.4 is 11.1 Å². The minimum absolute atomic E-state index is 0.259. The number of rotatable bonds is 6. The first-order valence-electron chi connectivity index (χ1n) is 4.88. The maximum atomic E-state index is 10.5. The van der Waals surface area contributed by atoms with Crippen molar-refractivity contribution in [1.82, 2.24) is 10.3 Å². The molecule has 1 rings (SSSR count). The predicted molar refractivity (Wildman–Crippen MR) is 69.8 cm³/mol. The molecule has 3 N–H and O–H groups in total. The predicted octanol–water partition coefficient (Wildman–Crippen LogP) is 1.96. The summed E-state index contributed by atoms with van der Waals surface area (Å²) >= 11 is 6.77. The average molecular weight is 351 g/mol. The fourth-order valence-corrected chi connectivity index (χ4v) is 2.30. The van der Waals surface area contributed by atoms with Gasteiger partial charge in [0.15, 0.2) is 0 Å². The normalized spacial score (nSPS) is 10.4. The smallest absolute Gasteiger partial charge is 0.217 e. The monoisotopic (exact) mass is 349 g/mol. The highest BCUT2D eigenvalue weighted by atomic mass is 79.9. The maximum Gasteiger partial charge on any atom is 0.217 e. The van der Waals surface area contributed by atoms with Crippen LogP contribution in [0.4, 0.5) is 0 Å². The second-order valence-corrected chi connectivity index (χ2v) is 5.10. The summed E-state index contributed by atoms with van der Waals surface area (Å²) in [6, 6.07) is 1.95. The molecule has 1 amide bonds. The summed E-state index contributed by atoms with van der Waals surface area (Å²) in [5.74, 6) is -0.259. The van der Waals surface area contributed by atoms with Gasteiger partial charge in [-0.1, -0.05) is 0 Å². The van der Waals surface area contributed by atoms with Crippen molar-refractivity contribution in [3.8, 4) is 0 Å². The van der Waals surface area contributed by atoms with Crippen LogP contribution in [-0.2, 0) is 11.3 Å². The number of aromatic nitrogens is 1. The number of amides is 1. The van der Waals surface area contributed by atoms with E-state index in [4.69, 9.17) is 5.73 Å². The number of nitrogens with zero attached hydrogens (tertiary/aromatic N) is 1. The molecule has 1 heterocycles. The van der Waals surface area contributed by atoms with Crippen LogP contribution in [0.3, 0.4) is 0 Å². The Labute approximate surface area is 111 Å². The van der Waals surface area contributed by atoms with Crippen molar-refractivity contribution >= 4 is 37.8 Å². The van der Waals surface area contributed by atoms with Crippen LogP contribution in [0.2, 0.25) is 0 Å². The Bertz CT molecular complexity index is 371. The van der Waals surface area contributed by atoms with E-state index in [1.54, 1.807) is 6.20 Å². The van der Waals surface area contributed by atoms with Crippen LogP contribution in [-0.4, -0.2) is 17.4 Å². The molecule has 1 aromatic heterocycles. The van der Waals surface area contributed by atoms with Gasteiger partial charge < -0.3 is 11.1 Å². The van der Waals surface area contributed by atoms with Gasteiger partial charge in [0.25, 0.3) is 0 Å². The topological polar surface area (TPSA) is 68.0 Å². The van der Waals surface area contributed by atoms with Crippen molar-refractivity contribution in [2.24, 2.45) is 5.73 Å². The zero-order valence-corrected chi connectivity index (χ0v) is 11.8. The largest absolute Gasteiger partial charge is 0.370 e. The van der Waals surface area contributed by atoms with E-state index in [1.165, 1.54) is 0 Å². The van der Waals surface area contributed by atoms with E-state index >= 15 is 0 Å². The summed E-state index contributed by atoms with van der Waals surface area (Å²) in [4.78, 5) is 14.8. The number of hydrogen-bond acceptors (Lipinski definition) is 3. The molecule has 0 aliphatic heterocycles. The average Bonchev–Trinajstić information content (AvgIpc) is 2.20. The Balaban J connectivity index is 2.29. The van der Waals surface area contributed by atoms with Crippen molar-refractivity contribution < 1.29 is 4.79 Å². The molecule has 0 atom stereocenters. The molecule has 88 valence electrons. The van der Waals surface area contributed by atoms with Crippen LogP contribution in [0, 0.1) is 0 Å². The van der Waals surface area contributed by atoms with Gasteiger partial charge in [-0.25, -0.2) is 0 Å². The van der Waals surface area contributed by atoms with E-state index < -0.39 is 0 Å². The molecule has 1 aromatic rings. The van der Waals surface area contributed by atoms with Gasteiger partial charge in [-0.3, -0.25) is 9.78 Å². The number of pyridine rings is 1. The zero-order valence-electron chi connectivity index (χ0n) is 8.67. The number of nitrogens with one attached hydrogen (secondary N) is 1. The van der Waals surface area contributed by atoms with Crippen LogP contribution >= 0.6 is 31.9 Å². The van der Waals surface area contributed by atoms with Crippen molar-refractivity contribution in [1.29, 1.82) is 0 Å². The molecule has 0 saturated carbocycles. The summed E-state index contributed by atoms with van der Waals surface area (Å²) in [5, 5.41) is 3.20. The number of carbonyl (C=O) groups excluding carboxylic acids is 1. The molecule has 4 nitrogen and oxygen atoms in total. The van der Waals surface area contributed by atoms with E-state index in [0.717, 1.165) is 27.6 Å². The lowest BCUT2D eigenvalue weighted by Gasteiger charge is -2.05. The molecule has 0 aliphatic rings. The van der Waals surface area contributed by atoms with Gasteiger partial charge >= 0.3 is 0 Å². The summed E-state index contributed by atoms with van der Waals surface area (Å²) in [7, 11) is 0. The Morgan fingerprint density at radius 1 is 1.50 bits per heavy atom. The zero-order chi connectivity index (χ0) is 12.0. The summed E-state index contributed by atoms with van der Waals surface area (Å²) in [6.07, 6.45) is 2.93. The minimum atomic E-state index is -0.259. The number of carbonyl (C=O) groups is 1. The third-order valence-electron chi connectivity index (χ3n) is 1.95. The Hall–Kier alpha value is -0.460. The van der Waals surface area contributed by atoms with E-state index in [0.29, 0.717) is 13.0 Å². The highest BCUT2D eigenvalue weighted by Crippen LogP contribution is 2.19. The standard InChI is InChI=1S/C10H13Br2N3O/c11-7-4-8(12)9(15-5-7)6-14-3-1-2-10(13)16/h4-5,14H,1-3,6H2,(H2,13,16). The molecule has 0 aliphatic carbocycles. The van der Waals surface area contributed by atoms with Crippen LogP contribution in [0.1, 0.15) is 18.5 Å². The molecule has 0 radical (unpaired) electrons. The highest BCUT2D eigenvalue weighted by molar-refractivity contribution is 9.11. The van der Waals surface area contributed by atoms with Gasteiger partial charge in [0.2, 0.25) is 5.91 Å². The summed E-state index contributed by atoms with van der Waals surface area (Å²) in [5.41, 5.74) is 5.98. The molecule has 0 aromatic carbocycles. The lowest BCUT2D eigenvalue weighted by atomic mass is 10.3. The lowest BCUT2D eigenvalue weighted by molar-refractivity contribution is -0.118. The minimum Gasteiger partial charge on any atom is -0.370 e. The third-order valence-corrected chi connectivity index (χ3v) is 3.07. The molecule has 0 fully saturated rings. The van der Waals surface area contributed by atoms with Crippen molar-refractivity contribution in [2.75, 3.05) is 6.54 Å². The van der Waals surface area contributed by atoms with Gasteiger partial charge in [-0.2, -0.15) is 0 Å². The Morgan fingerprint density at radius 2 is 2.25 bits per heavy atom. The molecule has 0 spiro atoms. The highest BCUT2D eigenvalue weighted by Gasteiger charge is 2.01. The second kappa shape index (κ2) is 6.98. The first kappa shape index (κ1) is 13.6. The molecular weight excluding hydrogens is 338 g/mol. The fourth-order valence-electron chi connectivity index (χ4n) is 1.17. The SMILES string of the molecule is NC(=O)CCCNCc1ncc(Br)cc1Br. The van der Waals surface area contributed by atoms with Crippen molar-refractivity contribution in [2.45, 2.75) is 19.4 Å². The van der Waals surface area contributed by atoms with Gasteiger partial charge in [0.1, 0.15) is 0 Å². The van der Waals surface area contributed by atoms with Crippen LogP contribution in [0.25, 0.3) is 0 Å². The van der Waals surface area contributed by atoms with E-state index in [9.17, 15) is 4.79 Å². The number of primary amides is 1. The molecule has 6 heteroatoms. The molecule has 16 heavy (non-hydrogen) atoms. The quantitative estimate of drug-likeness (QED) is 0.770. The molecule has 0 unspecified atom stereocenters. The van der Waals surface area contributed by atoms with Gasteiger partial charge in [0, 0.05) is 28.1 Å². The first-order valence-corrected chi connectivity index (χ1v) is 6.47. The van der Waals surface area contributed by atoms with Gasteiger partial charge in [-0.05, 0) is 50.9 Å². The van der Waals surface area contributed by atoms with E-state index in [1.807, 2.05) is 6.07 Å². The van der Waals surface area contributed by atoms with E-state index in [2.05, 4.69) is 42.2 Å². The second-order valence-electron chi connectivity index (χ2n) is 3.33. The first-order chi connectivity index (χ1) is 7.59. The number of nitrogens with two attached hydrogens (primary N) is 1. The maximum absolute atomic E-state index is 10.5. The van der Waals surface area contributed by atoms with Crippen molar-refractivity contribution in [3.05, 3.63) is 26.9 Å². The summed E-state index contributed by atoms with van der Waals surface area (Å²) < 4.78 is 1.90. The molecule has 0 saturated heterocycles. The fraction of sp³-hybridized carbons (Fsp3) is 0.400. The number of halogens is 2. The molecular formula is C10H13Br2N3O. The van der Waals surface area contributed by atoms with Crippen LogP contribution in [0.5, 0.6) is 0 Å². The van der Waals surface area contributed by atoms with Crippen LogP contribution in [0.15, 0.2) is 21.2 Å². The van der Waals surface area contributed by atoms with Crippen molar-refractivity contribution in [3.63, 3.8) is 0 Å². The Kier molecular flexibility index (Phi) is 5.94. The third kappa shape index (κ3) is 5.05. The lowest BCUT2D eigenvalue weighted by Crippen LogP contribution is -2.18.